The Morgan fingerprint density at radius 3 is 2.77 bits per heavy atom. The number of halogens is 1. The fourth-order valence-corrected chi connectivity index (χ4v) is 3.35. The summed E-state index contributed by atoms with van der Waals surface area (Å²) >= 11 is 0. The first kappa shape index (κ1) is 19.6. The summed E-state index contributed by atoms with van der Waals surface area (Å²) in [4.78, 5) is 16.4. The highest BCUT2D eigenvalue weighted by molar-refractivity contribution is 5.92. The second-order valence-electron chi connectivity index (χ2n) is 6.92. The second kappa shape index (κ2) is 8.74. The van der Waals surface area contributed by atoms with Gasteiger partial charge in [0.2, 0.25) is 0 Å². The number of esters is 1. The van der Waals surface area contributed by atoms with Crippen LogP contribution in [0.3, 0.4) is 0 Å². The zero-order valence-corrected chi connectivity index (χ0v) is 16.6. The molecule has 0 unspecified atom stereocenters. The number of fused-ring (bicyclic) bond motifs is 1. The lowest BCUT2D eigenvalue weighted by atomic mass is 10.1. The van der Waals surface area contributed by atoms with Crippen LogP contribution in [0, 0.1) is 5.82 Å². The number of aromatic nitrogens is 1. The molecule has 150 valence electrons. The Morgan fingerprint density at radius 2 is 1.93 bits per heavy atom. The van der Waals surface area contributed by atoms with Gasteiger partial charge in [0, 0.05) is 29.9 Å². The number of rotatable bonds is 6. The van der Waals surface area contributed by atoms with Crippen LogP contribution >= 0.6 is 0 Å². The molecule has 4 nitrogen and oxygen atoms in total. The molecule has 0 amide bonds. The zero-order chi connectivity index (χ0) is 20.9. The van der Waals surface area contributed by atoms with Gasteiger partial charge in [-0.3, -0.25) is 4.99 Å². The molecular weight excluding hydrogens is 379 g/mol. The summed E-state index contributed by atoms with van der Waals surface area (Å²) in [5, 5.41) is 1.08. The molecule has 0 radical (unpaired) electrons. The predicted molar refractivity (Wildman–Crippen MR) is 117 cm³/mol. The topological polar surface area (TPSA) is 43.6 Å². The number of aliphatic imine (C=N–C) groups is 1. The SMILES string of the molecule is CCOC(=O)c1cccc(N=Cc2ccc3c(ccn3Cc3cccc(F)c3)c2)c1. The van der Waals surface area contributed by atoms with Crippen LogP contribution in [0.4, 0.5) is 10.1 Å². The van der Waals surface area contributed by atoms with Crippen molar-refractivity contribution < 1.29 is 13.9 Å². The summed E-state index contributed by atoms with van der Waals surface area (Å²) < 4.78 is 20.6. The minimum Gasteiger partial charge on any atom is -0.462 e. The summed E-state index contributed by atoms with van der Waals surface area (Å²) in [7, 11) is 0. The lowest BCUT2D eigenvalue weighted by molar-refractivity contribution is 0.0526. The van der Waals surface area contributed by atoms with E-state index in [4.69, 9.17) is 4.74 Å². The normalized spacial score (nSPS) is 11.3. The maximum Gasteiger partial charge on any atom is 0.338 e. The van der Waals surface area contributed by atoms with Gasteiger partial charge in [0.15, 0.2) is 0 Å². The summed E-state index contributed by atoms with van der Waals surface area (Å²) in [6.07, 6.45) is 3.77. The molecule has 0 aliphatic rings. The molecule has 4 aromatic rings. The van der Waals surface area contributed by atoms with Crippen LogP contribution in [-0.4, -0.2) is 23.4 Å². The predicted octanol–water partition coefficient (Wildman–Crippen LogP) is 5.76. The Kier molecular flexibility index (Phi) is 5.70. The molecule has 30 heavy (non-hydrogen) atoms. The maximum absolute atomic E-state index is 13.4. The highest BCUT2D eigenvalue weighted by atomic mass is 19.1. The van der Waals surface area contributed by atoms with Crippen LogP contribution < -0.4 is 0 Å². The van der Waals surface area contributed by atoms with Gasteiger partial charge in [-0.1, -0.05) is 24.3 Å². The molecule has 4 rings (SSSR count). The van der Waals surface area contributed by atoms with E-state index in [-0.39, 0.29) is 11.8 Å². The van der Waals surface area contributed by atoms with Crippen molar-refractivity contribution in [3.05, 3.63) is 102 Å². The molecule has 0 saturated heterocycles. The number of ether oxygens (including phenoxy) is 1. The molecule has 0 atom stereocenters. The third-order valence-corrected chi connectivity index (χ3v) is 4.76. The Hall–Kier alpha value is -3.73. The Labute approximate surface area is 174 Å². The lowest BCUT2D eigenvalue weighted by Crippen LogP contribution is -2.03. The van der Waals surface area contributed by atoms with Crippen molar-refractivity contribution in [2.24, 2.45) is 4.99 Å². The van der Waals surface area contributed by atoms with Crippen LogP contribution in [0.1, 0.15) is 28.4 Å². The van der Waals surface area contributed by atoms with Gasteiger partial charge in [-0.2, -0.15) is 0 Å². The van der Waals surface area contributed by atoms with Crippen molar-refractivity contribution in [1.82, 2.24) is 4.57 Å². The molecule has 3 aromatic carbocycles. The summed E-state index contributed by atoms with van der Waals surface area (Å²) in [6.45, 7) is 2.72. The summed E-state index contributed by atoms with van der Waals surface area (Å²) in [5.74, 6) is -0.579. The van der Waals surface area contributed by atoms with Crippen LogP contribution in [0.15, 0.2) is 84.0 Å². The van der Waals surface area contributed by atoms with E-state index in [1.54, 1.807) is 43.5 Å². The van der Waals surface area contributed by atoms with E-state index >= 15 is 0 Å². The first-order chi connectivity index (χ1) is 14.6. The molecule has 0 N–H and O–H groups in total. The van der Waals surface area contributed by atoms with Crippen LogP contribution in [-0.2, 0) is 11.3 Å². The van der Waals surface area contributed by atoms with E-state index in [0.29, 0.717) is 24.4 Å². The van der Waals surface area contributed by atoms with Gasteiger partial charge in [-0.25, -0.2) is 9.18 Å². The monoisotopic (exact) mass is 400 g/mol. The zero-order valence-electron chi connectivity index (χ0n) is 16.6. The smallest absolute Gasteiger partial charge is 0.338 e. The van der Waals surface area contributed by atoms with Crippen molar-refractivity contribution in [2.45, 2.75) is 13.5 Å². The van der Waals surface area contributed by atoms with E-state index in [1.165, 1.54) is 6.07 Å². The van der Waals surface area contributed by atoms with Crippen molar-refractivity contribution in [3.8, 4) is 0 Å². The maximum atomic E-state index is 13.4. The molecule has 0 bridgehead atoms. The molecule has 1 heterocycles. The number of nitrogens with zero attached hydrogens (tertiary/aromatic N) is 2. The number of hydrogen-bond acceptors (Lipinski definition) is 3. The molecule has 1 aromatic heterocycles. The minimum atomic E-state index is -0.351. The molecule has 5 heteroatoms. The Balaban J connectivity index is 1.53. The molecule has 0 fully saturated rings. The first-order valence-corrected chi connectivity index (χ1v) is 9.77. The van der Waals surface area contributed by atoms with E-state index in [0.717, 1.165) is 22.0 Å². The van der Waals surface area contributed by atoms with Crippen molar-refractivity contribution in [2.75, 3.05) is 6.61 Å². The van der Waals surface area contributed by atoms with Crippen LogP contribution in [0.25, 0.3) is 10.9 Å². The van der Waals surface area contributed by atoms with Gasteiger partial charge in [0.1, 0.15) is 5.82 Å². The lowest BCUT2D eigenvalue weighted by Gasteiger charge is -2.06. The average molecular weight is 400 g/mol. The first-order valence-electron chi connectivity index (χ1n) is 9.77. The third-order valence-electron chi connectivity index (χ3n) is 4.76. The van der Waals surface area contributed by atoms with E-state index < -0.39 is 0 Å². The number of hydrogen-bond donors (Lipinski definition) is 0. The van der Waals surface area contributed by atoms with Gasteiger partial charge >= 0.3 is 5.97 Å². The van der Waals surface area contributed by atoms with Gasteiger partial charge < -0.3 is 9.30 Å². The summed E-state index contributed by atoms with van der Waals surface area (Å²) in [5.41, 5.74) is 4.11. The van der Waals surface area contributed by atoms with Crippen LogP contribution in [0.5, 0.6) is 0 Å². The van der Waals surface area contributed by atoms with Crippen molar-refractivity contribution >= 4 is 28.8 Å². The molecular formula is C25H21FN2O2. The third kappa shape index (κ3) is 4.46. The fourth-order valence-electron chi connectivity index (χ4n) is 3.35. The minimum absolute atomic E-state index is 0.227. The molecule has 0 aliphatic heterocycles. The van der Waals surface area contributed by atoms with E-state index in [9.17, 15) is 9.18 Å². The second-order valence-corrected chi connectivity index (χ2v) is 6.92. The standard InChI is InChI=1S/C25H21FN2O2/c1-2-30-25(29)21-6-4-8-23(15-21)27-16-18-9-10-24-20(13-18)11-12-28(24)17-19-5-3-7-22(26)14-19/h3-16H,2,17H2,1H3. The number of carbonyl (C=O) groups is 1. The van der Waals surface area contributed by atoms with Gasteiger partial charge in [0.25, 0.3) is 0 Å². The van der Waals surface area contributed by atoms with Crippen molar-refractivity contribution in [3.63, 3.8) is 0 Å². The van der Waals surface area contributed by atoms with Gasteiger partial charge in [-0.15, -0.1) is 0 Å². The van der Waals surface area contributed by atoms with E-state index in [2.05, 4.69) is 15.6 Å². The molecule has 0 aliphatic carbocycles. The number of carbonyl (C=O) groups excluding carboxylic acids is 1. The average Bonchev–Trinajstić information content (AvgIpc) is 3.14. The highest BCUT2D eigenvalue weighted by Crippen LogP contribution is 2.20. The molecule has 0 saturated carbocycles. The largest absolute Gasteiger partial charge is 0.462 e. The quantitative estimate of drug-likeness (QED) is 0.305. The number of benzene rings is 3. The highest BCUT2D eigenvalue weighted by Gasteiger charge is 2.06. The van der Waals surface area contributed by atoms with Crippen molar-refractivity contribution in [1.29, 1.82) is 0 Å². The Bertz CT molecular complexity index is 1230. The summed E-state index contributed by atoms with van der Waals surface area (Å²) in [6, 6.07) is 21.8. The molecule has 0 spiro atoms. The Morgan fingerprint density at radius 1 is 1.07 bits per heavy atom. The van der Waals surface area contributed by atoms with Gasteiger partial charge in [-0.05, 0) is 66.6 Å². The van der Waals surface area contributed by atoms with Crippen LogP contribution in [0.2, 0.25) is 0 Å². The van der Waals surface area contributed by atoms with E-state index in [1.807, 2.05) is 36.5 Å². The fraction of sp³-hybridized carbons (Fsp3) is 0.120. The van der Waals surface area contributed by atoms with Gasteiger partial charge in [0.05, 0.1) is 17.9 Å².